The van der Waals surface area contributed by atoms with E-state index in [-0.39, 0.29) is 6.61 Å². The Bertz CT molecular complexity index is 395. The van der Waals surface area contributed by atoms with Crippen LogP contribution in [0.5, 0.6) is 11.5 Å². The number of benzene rings is 1. The third-order valence-corrected chi connectivity index (χ3v) is 1.87. The van der Waals surface area contributed by atoms with Crippen molar-refractivity contribution in [2.45, 2.75) is 0 Å². The number of terminal acetylenes is 1. The van der Waals surface area contributed by atoms with Crippen molar-refractivity contribution < 1.29 is 19.0 Å². The average molecular weight is 220 g/mol. The van der Waals surface area contributed by atoms with Crippen molar-refractivity contribution in [1.29, 1.82) is 0 Å². The Morgan fingerprint density at radius 1 is 1.25 bits per heavy atom. The summed E-state index contributed by atoms with van der Waals surface area (Å²) < 4.78 is 14.8. The maximum absolute atomic E-state index is 11.5. The van der Waals surface area contributed by atoms with Gasteiger partial charge in [0.15, 0.2) is 6.61 Å². The Labute approximate surface area is 94.1 Å². The Morgan fingerprint density at radius 3 is 2.25 bits per heavy atom. The second-order valence-corrected chi connectivity index (χ2v) is 2.88. The third-order valence-electron chi connectivity index (χ3n) is 1.87. The minimum atomic E-state index is -0.504. The molecule has 0 aromatic heterocycles. The van der Waals surface area contributed by atoms with E-state index in [9.17, 15) is 4.79 Å². The summed E-state index contributed by atoms with van der Waals surface area (Å²) in [5.74, 6) is 2.76. The normalized spacial score (nSPS) is 9.06. The Balaban J connectivity index is 2.94. The van der Waals surface area contributed by atoms with Crippen molar-refractivity contribution in [3.63, 3.8) is 0 Å². The predicted octanol–water partition coefficient (Wildman–Crippen LogP) is 1.49. The number of carbonyl (C=O) groups excluding carboxylic acids is 1. The first-order valence-corrected chi connectivity index (χ1v) is 4.55. The largest absolute Gasteiger partial charge is 0.497 e. The first-order valence-electron chi connectivity index (χ1n) is 4.55. The lowest BCUT2D eigenvalue weighted by Gasteiger charge is -2.07. The summed E-state index contributed by atoms with van der Waals surface area (Å²) >= 11 is 0. The van der Waals surface area contributed by atoms with Crippen LogP contribution in [0.2, 0.25) is 0 Å². The van der Waals surface area contributed by atoms with Gasteiger partial charge in [-0.15, -0.1) is 6.42 Å². The molecule has 1 aromatic carbocycles. The Morgan fingerprint density at radius 2 is 1.81 bits per heavy atom. The summed E-state index contributed by atoms with van der Waals surface area (Å²) in [6.45, 7) is -0.0572. The standard InChI is InChI=1S/C12H12O4/c1-4-5-16-12(13)9-6-10(14-2)8-11(7-9)15-3/h1,6-8H,5H2,2-3H3. The van der Waals surface area contributed by atoms with E-state index in [1.165, 1.54) is 14.2 Å². The molecule has 0 saturated carbocycles. The number of methoxy groups -OCH3 is 2. The van der Waals surface area contributed by atoms with Gasteiger partial charge in [0, 0.05) is 6.07 Å². The smallest absolute Gasteiger partial charge is 0.339 e. The van der Waals surface area contributed by atoms with Crippen LogP contribution in [-0.4, -0.2) is 26.8 Å². The number of carbonyl (C=O) groups is 1. The van der Waals surface area contributed by atoms with Gasteiger partial charge in [0.1, 0.15) is 11.5 Å². The van der Waals surface area contributed by atoms with Crippen LogP contribution in [0.15, 0.2) is 18.2 Å². The van der Waals surface area contributed by atoms with E-state index in [0.29, 0.717) is 17.1 Å². The lowest BCUT2D eigenvalue weighted by molar-refractivity contribution is 0.0556. The molecule has 0 N–H and O–H groups in total. The van der Waals surface area contributed by atoms with Gasteiger partial charge in [-0.3, -0.25) is 0 Å². The zero-order valence-electron chi connectivity index (χ0n) is 9.15. The molecule has 0 radical (unpaired) electrons. The van der Waals surface area contributed by atoms with E-state index in [2.05, 4.69) is 5.92 Å². The van der Waals surface area contributed by atoms with Crippen molar-refractivity contribution in [3.8, 4) is 23.8 Å². The SMILES string of the molecule is C#CCOC(=O)c1cc(OC)cc(OC)c1. The maximum Gasteiger partial charge on any atom is 0.339 e. The highest BCUT2D eigenvalue weighted by atomic mass is 16.5. The summed E-state index contributed by atoms with van der Waals surface area (Å²) in [5.41, 5.74) is 0.339. The van der Waals surface area contributed by atoms with Crippen LogP contribution in [0, 0.1) is 12.3 Å². The van der Waals surface area contributed by atoms with Crippen LogP contribution < -0.4 is 9.47 Å². The quantitative estimate of drug-likeness (QED) is 0.569. The Hall–Kier alpha value is -2.15. The van der Waals surface area contributed by atoms with Crippen molar-refractivity contribution in [2.24, 2.45) is 0 Å². The number of ether oxygens (including phenoxy) is 3. The van der Waals surface area contributed by atoms with Gasteiger partial charge in [-0.05, 0) is 12.1 Å². The zero-order chi connectivity index (χ0) is 12.0. The zero-order valence-corrected chi connectivity index (χ0v) is 9.15. The molecule has 4 heteroatoms. The van der Waals surface area contributed by atoms with Gasteiger partial charge in [-0.2, -0.15) is 0 Å². The van der Waals surface area contributed by atoms with Crippen LogP contribution in [0.1, 0.15) is 10.4 Å². The molecule has 0 aliphatic rings. The van der Waals surface area contributed by atoms with Crippen LogP contribution in [-0.2, 0) is 4.74 Å². The van der Waals surface area contributed by atoms with E-state index in [4.69, 9.17) is 20.6 Å². The molecule has 16 heavy (non-hydrogen) atoms. The summed E-state index contributed by atoms with van der Waals surface area (Å²) in [4.78, 5) is 11.5. The van der Waals surface area contributed by atoms with E-state index in [0.717, 1.165) is 0 Å². The van der Waals surface area contributed by atoms with Gasteiger partial charge in [0.25, 0.3) is 0 Å². The van der Waals surface area contributed by atoms with Crippen molar-refractivity contribution in [3.05, 3.63) is 23.8 Å². The summed E-state index contributed by atoms with van der Waals surface area (Å²) in [6, 6.07) is 4.78. The van der Waals surface area contributed by atoms with Crippen molar-refractivity contribution in [1.82, 2.24) is 0 Å². The molecule has 0 amide bonds. The van der Waals surface area contributed by atoms with Crippen LogP contribution in [0.3, 0.4) is 0 Å². The molecule has 84 valence electrons. The summed E-state index contributed by atoms with van der Waals surface area (Å²) in [6.07, 6.45) is 4.99. The molecule has 0 bridgehead atoms. The first kappa shape index (κ1) is 11.9. The van der Waals surface area contributed by atoms with Gasteiger partial charge >= 0.3 is 5.97 Å². The topological polar surface area (TPSA) is 44.8 Å². The lowest BCUT2D eigenvalue weighted by atomic mass is 10.2. The molecular weight excluding hydrogens is 208 g/mol. The molecule has 0 fully saturated rings. The van der Waals surface area contributed by atoms with Gasteiger partial charge in [0.2, 0.25) is 0 Å². The third kappa shape index (κ3) is 2.92. The minimum Gasteiger partial charge on any atom is -0.497 e. The van der Waals surface area contributed by atoms with Gasteiger partial charge < -0.3 is 14.2 Å². The van der Waals surface area contributed by atoms with Gasteiger partial charge in [-0.1, -0.05) is 5.92 Å². The highest BCUT2D eigenvalue weighted by Crippen LogP contribution is 2.22. The van der Waals surface area contributed by atoms with Crippen molar-refractivity contribution >= 4 is 5.97 Å². The number of hydrogen-bond acceptors (Lipinski definition) is 4. The van der Waals surface area contributed by atoms with E-state index in [1.807, 2.05) is 0 Å². The van der Waals surface area contributed by atoms with E-state index < -0.39 is 5.97 Å². The molecule has 0 heterocycles. The second-order valence-electron chi connectivity index (χ2n) is 2.88. The highest BCUT2D eigenvalue weighted by molar-refractivity contribution is 5.90. The maximum atomic E-state index is 11.5. The summed E-state index contributed by atoms with van der Waals surface area (Å²) in [7, 11) is 3.01. The van der Waals surface area contributed by atoms with E-state index >= 15 is 0 Å². The van der Waals surface area contributed by atoms with Crippen molar-refractivity contribution in [2.75, 3.05) is 20.8 Å². The molecule has 0 unspecified atom stereocenters. The fraction of sp³-hybridized carbons (Fsp3) is 0.250. The molecular formula is C12H12O4. The van der Waals surface area contributed by atoms with Gasteiger partial charge in [-0.25, -0.2) is 4.79 Å². The summed E-state index contributed by atoms with van der Waals surface area (Å²) in [5, 5.41) is 0. The lowest BCUT2D eigenvalue weighted by Crippen LogP contribution is -2.05. The monoisotopic (exact) mass is 220 g/mol. The fourth-order valence-electron chi connectivity index (χ4n) is 1.12. The van der Waals surface area contributed by atoms with Crippen LogP contribution in [0.25, 0.3) is 0 Å². The van der Waals surface area contributed by atoms with Crippen LogP contribution in [0.4, 0.5) is 0 Å². The first-order chi connectivity index (χ1) is 7.71. The highest BCUT2D eigenvalue weighted by Gasteiger charge is 2.10. The molecule has 0 aliphatic heterocycles. The molecule has 0 spiro atoms. The molecule has 1 rings (SSSR count). The Kier molecular flexibility index (Phi) is 4.22. The second kappa shape index (κ2) is 5.66. The van der Waals surface area contributed by atoms with Crippen LogP contribution >= 0.6 is 0 Å². The molecule has 1 aromatic rings. The van der Waals surface area contributed by atoms with E-state index in [1.54, 1.807) is 18.2 Å². The minimum absolute atomic E-state index is 0.0572. The molecule has 4 nitrogen and oxygen atoms in total. The average Bonchev–Trinajstić information content (AvgIpc) is 2.35. The molecule has 0 aliphatic carbocycles. The number of hydrogen-bond donors (Lipinski definition) is 0. The molecule has 0 saturated heterocycles. The fourth-order valence-corrected chi connectivity index (χ4v) is 1.12. The number of esters is 1. The van der Waals surface area contributed by atoms with Gasteiger partial charge in [0.05, 0.1) is 19.8 Å². The predicted molar refractivity (Wildman–Crippen MR) is 58.7 cm³/mol. The number of rotatable bonds is 4. The molecule has 0 atom stereocenters.